The lowest BCUT2D eigenvalue weighted by Gasteiger charge is -2.37. The highest BCUT2D eigenvalue weighted by molar-refractivity contribution is 6.32. The van der Waals surface area contributed by atoms with E-state index in [0.717, 1.165) is 13.1 Å². The maximum absolute atomic E-state index is 13.2. The van der Waals surface area contributed by atoms with Gasteiger partial charge in [-0.2, -0.15) is 0 Å². The summed E-state index contributed by atoms with van der Waals surface area (Å²) >= 11 is 6.28. The molecular formula is C24H28ClN3O4. The molecule has 0 saturated carbocycles. The van der Waals surface area contributed by atoms with E-state index in [2.05, 4.69) is 36.1 Å². The lowest BCUT2D eigenvalue weighted by molar-refractivity contribution is -0.136. The number of halogens is 1. The minimum atomic E-state index is -0.376. The maximum Gasteiger partial charge on any atom is 0.228 e. The fraction of sp³-hybridized carbons (Fsp3) is 0.417. The second-order valence-electron chi connectivity index (χ2n) is 8.22. The van der Waals surface area contributed by atoms with E-state index in [-0.39, 0.29) is 24.2 Å². The van der Waals surface area contributed by atoms with Crippen LogP contribution in [-0.4, -0.2) is 63.7 Å². The summed E-state index contributed by atoms with van der Waals surface area (Å²) in [5, 5.41) is 0.387. The summed E-state index contributed by atoms with van der Waals surface area (Å²) in [6.07, 6.45) is 0.184. The Hall–Kier alpha value is -2.93. The molecule has 0 aromatic heterocycles. The third-order valence-electron chi connectivity index (χ3n) is 6.18. The minimum absolute atomic E-state index is 0.0308. The van der Waals surface area contributed by atoms with Crippen LogP contribution < -0.4 is 19.3 Å². The second-order valence-corrected chi connectivity index (χ2v) is 8.62. The van der Waals surface area contributed by atoms with Gasteiger partial charge in [-0.05, 0) is 30.7 Å². The average molecular weight is 458 g/mol. The Balaban J connectivity index is 1.42. The summed E-state index contributed by atoms with van der Waals surface area (Å²) in [5.74, 6) is 0.501. The SMILES string of the molecule is COc1cc(OC)c(N2CC(C(=O)N3CCN(c4cccc(C)c4)CC3)CC2=O)cc1Cl. The number of anilines is 2. The highest BCUT2D eigenvalue weighted by atomic mass is 35.5. The minimum Gasteiger partial charge on any atom is -0.495 e. The number of carbonyl (C=O) groups is 2. The highest BCUT2D eigenvalue weighted by Gasteiger charge is 2.39. The molecule has 8 heteroatoms. The zero-order chi connectivity index (χ0) is 22.8. The van der Waals surface area contributed by atoms with Crippen LogP contribution in [0.5, 0.6) is 11.5 Å². The van der Waals surface area contributed by atoms with Crippen LogP contribution in [0.1, 0.15) is 12.0 Å². The standard InChI is InChI=1S/C24H28ClN3O4/c1-16-5-4-6-18(11-16)26-7-9-27(10-8-26)24(30)17-12-23(29)28(15-17)20-13-19(25)21(31-2)14-22(20)32-3/h4-6,11,13-14,17H,7-10,12,15H2,1-3H3. The average Bonchev–Trinajstić information content (AvgIpc) is 3.19. The van der Waals surface area contributed by atoms with Crippen LogP contribution in [0, 0.1) is 12.8 Å². The quantitative estimate of drug-likeness (QED) is 0.689. The Morgan fingerprint density at radius 3 is 2.41 bits per heavy atom. The Bertz CT molecular complexity index is 1020. The van der Waals surface area contributed by atoms with Gasteiger partial charge >= 0.3 is 0 Å². The molecule has 2 heterocycles. The number of methoxy groups -OCH3 is 2. The van der Waals surface area contributed by atoms with E-state index in [1.165, 1.54) is 25.5 Å². The molecule has 7 nitrogen and oxygen atoms in total. The van der Waals surface area contributed by atoms with Crippen molar-refractivity contribution < 1.29 is 19.1 Å². The lowest BCUT2D eigenvalue weighted by atomic mass is 10.1. The number of carbonyl (C=O) groups excluding carboxylic acids is 2. The number of rotatable bonds is 5. The van der Waals surface area contributed by atoms with Gasteiger partial charge in [0.25, 0.3) is 0 Å². The number of hydrogen-bond donors (Lipinski definition) is 0. The van der Waals surface area contributed by atoms with Crippen molar-refractivity contribution in [1.82, 2.24) is 4.90 Å². The molecule has 4 rings (SSSR count). The maximum atomic E-state index is 13.2. The van der Waals surface area contributed by atoms with Gasteiger partial charge in [-0.15, -0.1) is 0 Å². The topological polar surface area (TPSA) is 62.3 Å². The van der Waals surface area contributed by atoms with E-state index in [0.29, 0.717) is 41.8 Å². The van der Waals surface area contributed by atoms with E-state index in [9.17, 15) is 9.59 Å². The Morgan fingerprint density at radius 2 is 1.75 bits per heavy atom. The van der Waals surface area contributed by atoms with E-state index in [1.807, 2.05) is 4.90 Å². The molecule has 2 aromatic rings. The molecule has 170 valence electrons. The molecule has 2 aliphatic rings. The first-order valence-electron chi connectivity index (χ1n) is 10.7. The van der Waals surface area contributed by atoms with Crippen molar-refractivity contribution >= 4 is 34.8 Å². The number of amides is 2. The molecule has 1 unspecified atom stereocenters. The molecule has 0 N–H and O–H groups in total. The van der Waals surface area contributed by atoms with Crippen molar-refractivity contribution in [3.63, 3.8) is 0 Å². The molecule has 0 bridgehead atoms. The molecule has 32 heavy (non-hydrogen) atoms. The summed E-state index contributed by atoms with van der Waals surface area (Å²) < 4.78 is 10.7. The van der Waals surface area contributed by atoms with Crippen LogP contribution in [0.2, 0.25) is 5.02 Å². The predicted octanol–water partition coefficient (Wildman–Crippen LogP) is 3.37. The molecule has 0 radical (unpaired) electrons. The van der Waals surface area contributed by atoms with Crippen LogP contribution >= 0.6 is 11.6 Å². The first-order chi connectivity index (χ1) is 15.4. The monoisotopic (exact) mass is 457 g/mol. The van der Waals surface area contributed by atoms with Crippen LogP contribution in [0.3, 0.4) is 0 Å². The van der Waals surface area contributed by atoms with Crippen LogP contribution in [0.15, 0.2) is 36.4 Å². The number of aryl methyl sites for hydroxylation is 1. The molecule has 2 fully saturated rings. The summed E-state index contributed by atoms with van der Waals surface area (Å²) in [5.41, 5.74) is 2.96. The van der Waals surface area contributed by atoms with Crippen LogP contribution in [-0.2, 0) is 9.59 Å². The smallest absolute Gasteiger partial charge is 0.228 e. The number of hydrogen-bond acceptors (Lipinski definition) is 5. The van der Waals surface area contributed by atoms with Gasteiger partial charge < -0.3 is 24.2 Å². The van der Waals surface area contributed by atoms with Crippen LogP contribution in [0.25, 0.3) is 0 Å². The number of piperazine rings is 1. The van der Waals surface area contributed by atoms with E-state index in [1.54, 1.807) is 17.0 Å². The van der Waals surface area contributed by atoms with E-state index in [4.69, 9.17) is 21.1 Å². The van der Waals surface area contributed by atoms with Crippen molar-refractivity contribution in [3.8, 4) is 11.5 Å². The summed E-state index contributed by atoms with van der Waals surface area (Å²) in [6, 6.07) is 11.7. The fourth-order valence-electron chi connectivity index (χ4n) is 4.43. The Labute approximate surface area is 193 Å². The third kappa shape index (κ3) is 4.35. The van der Waals surface area contributed by atoms with Crippen molar-refractivity contribution in [2.75, 3.05) is 56.7 Å². The summed E-state index contributed by atoms with van der Waals surface area (Å²) in [7, 11) is 3.05. The third-order valence-corrected chi connectivity index (χ3v) is 6.47. The molecule has 2 saturated heterocycles. The summed E-state index contributed by atoms with van der Waals surface area (Å²) in [4.78, 5) is 31.8. The number of ether oxygens (including phenoxy) is 2. The Kier molecular flexibility index (Phi) is 6.46. The first kappa shape index (κ1) is 22.3. The zero-order valence-electron chi connectivity index (χ0n) is 18.6. The molecule has 1 atom stereocenters. The van der Waals surface area contributed by atoms with Gasteiger partial charge in [0.05, 0.1) is 30.8 Å². The lowest BCUT2D eigenvalue weighted by Crippen LogP contribution is -2.50. The van der Waals surface area contributed by atoms with Crippen molar-refractivity contribution in [3.05, 3.63) is 47.0 Å². The zero-order valence-corrected chi connectivity index (χ0v) is 19.4. The van der Waals surface area contributed by atoms with Gasteiger partial charge in [0.15, 0.2) is 0 Å². The molecule has 2 aliphatic heterocycles. The fourth-order valence-corrected chi connectivity index (χ4v) is 4.66. The molecule has 2 amide bonds. The van der Waals surface area contributed by atoms with Crippen molar-refractivity contribution in [2.45, 2.75) is 13.3 Å². The second kappa shape index (κ2) is 9.28. The van der Waals surface area contributed by atoms with Gasteiger partial charge in [-0.1, -0.05) is 23.7 Å². The van der Waals surface area contributed by atoms with Gasteiger partial charge in [0.1, 0.15) is 11.5 Å². The van der Waals surface area contributed by atoms with Crippen LogP contribution in [0.4, 0.5) is 11.4 Å². The number of nitrogens with zero attached hydrogens (tertiary/aromatic N) is 3. The Morgan fingerprint density at radius 1 is 1.03 bits per heavy atom. The molecule has 0 spiro atoms. The van der Waals surface area contributed by atoms with E-state index < -0.39 is 0 Å². The van der Waals surface area contributed by atoms with Crippen molar-refractivity contribution in [2.24, 2.45) is 5.92 Å². The van der Waals surface area contributed by atoms with Gasteiger partial charge in [-0.25, -0.2) is 0 Å². The predicted molar refractivity (Wildman–Crippen MR) is 125 cm³/mol. The first-order valence-corrected chi connectivity index (χ1v) is 11.1. The molecular weight excluding hydrogens is 430 g/mol. The summed E-state index contributed by atoms with van der Waals surface area (Å²) in [6.45, 7) is 5.25. The molecule has 2 aromatic carbocycles. The van der Waals surface area contributed by atoms with Gasteiger partial charge in [-0.3, -0.25) is 9.59 Å². The molecule has 0 aliphatic carbocycles. The van der Waals surface area contributed by atoms with Gasteiger partial charge in [0, 0.05) is 50.9 Å². The van der Waals surface area contributed by atoms with Crippen molar-refractivity contribution in [1.29, 1.82) is 0 Å². The normalized spacial score (nSPS) is 18.8. The number of benzene rings is 2. The van der Waals surface area contributed by atoms with Gasteiger partial charge in [0.2, 0.25) is 11.8 Å². The highest BCUT2D eigenvalue weighted by Crippen LogP contribution is 2.40. The largest absolute Gasteiger partial charge is 0.495 e. The van der Waals surface area contributed by atoms with E-state index >= 15 is 0 Å².